The second kappa shape index (κ2) is 9.30. The van der Waals surface area contributed by atoms with Gasteiger partial charge in [0.25, 0.3) is 0 Å². The second-order valence-corrected chi connectivity index (χ2v) is 9.03. The van der Waals surface area contributed by atoms with Crippen LogP contribution in [0.25, 0.3) is 21.8 Å². The van der Waals surface area contributed by atoms with Crippen molar-refractivity contribution in [2.45, 2.75) is 51.6 Å². The molecule has 0 radical (unpaired) electrons. The van der Waals surface area contributed by atoms with Gasteiger partial charge in [-0.25, -0.2) is 0 Å². The Balaban J connectivity index is 1.82. The number of nitrogens with zero attached hydrogens (tertiary/aromatic N) is 2. The standard InChI is InChI=1S/C29H34N2O/c1-5-7-19-31-26-16-12-11-15-24(26)25-20-23(17-18-27(25)31)28(32)29(6-2,30(3)4)21-22-13-9-8-10-14-22/h8-18,20H,5-7,19,21H2,1-4H3. The van der Waals surface area contributed by atoms with Crippen LogP contribution in [0.5, 0.6) is 0 Å². The predicted molar refractivity (Wildman–Crippen MR) is 136 cm³/mol. The summed E-state index contributed by atoms with van der Waals surface area (Å²) in [4.78, 5) is 16.2. The summed E-state index contributed by atoms with van der Waals surface area (Å²) in [5.41, 5.74) is 3.87. The number of aromatic nitrogens is 1. The van der Waals surface area contributed by atoms with Gasteiger partial charge in [-0.3, -0.25) is 9.69 Å². The predicted octanol–water partition coefficient (Wildman–Crippen LogP) is 6.73. The van der Waals surface area contributed by atoms with Crippen LogP contribution >= 0.6 is 0 Å². The zero-order chi connectivity index (χ0) is 22.7. The molecule has 1 heterocycles. The molecule has 3 aromatic carbocycles. The van der Waals surface area contributed by atoms with Gasteiger partial charge in [0.1, 0.15) is 0 Å². The molecule has 0 bridgehead atoms. The highest BCUT2D eigenvalue weighted by molar-refractivity contribution is 6.12. The van der Waals surface area contributed by atoms with Crippen molar-refractivity contribution in [2.75, 3.05) is 14.1 Å². The number of hydrogen-bond donors (Lipinski definition) is 0. The van der Waals surface area contributed by atoms with Crippen LogP contribution in [0.3, 0.4) is 0 Å². The Labute approximate surface area is 191 Å². The minimum atomic E-state index is -0.574. The zero-order valence-corrected chi connectivity index (χ0v) is 19.8. The molecule has 4 rings (SSSR count). The van der Waals surface area contributed by atoms with E-state index in [1.165, 1.54) is 27.4 Å². The molecule has 0 saturated heterocycles. The molecule has 0 amide bonds. The topological polar surface area (TPSA) is 25.2 Å². The Bertz CT molecular complexity index is 1220. The number of hydrogen-bond acceptors (Lipinski definition) is 2. The minimum absolute atomic E-state index is 0.196. The summed E-state index contributed by atoms with van der Waals surface area (Å²) in [6.45, 7) is 5.34. The Morgan fingerprint density at radius 2 is 1.56 bits per heavy atom. The van der Waals surface area contributed by atoms with Gasteiger partial charge in [-0.2, -0.15) is 0 Å². The molecule has 0 fully saturated rings. The van der Waals surface area contributed by atoms with E-state index < -0.39 is 5.54 Å². The van der Waals surface area contributed by atoms with Crippen molar-refractivity contribution in [3.8, 4) is 0 Å². The molecule has 0 aliphatic carbocycles. The molecule has 0 aliphatic heterocycles. The number of fused-ring (bicyclic) bond motifs is 3. The fraction of sp³-hybridized carbons (Fsp3) is 0.345. The smallest absolute Gasteiger partial charge is 0.183 e. The van der Waals surface area contributed by atoms with Gasteiger partial charge < -0.3 is 4.57 Å². The Kier molecular flexibility index (Phi) is 6.48. The lowest BCUT2D eigenvalue weighted by atomic mass is 9.80. The highest BCUT2D eigenvalue weighted by atomic mass is 16.1. The summed E-state index contributed by atoms with van der Waals surface area (Å²) in [6.07, 6.45) is 3.76. The van der Waals surface area contributed by atoms with Crippen LogP contribution in [0.1, 0.15) is 49.0 Å². The maximum atomic E-state index is 14.1. The first kappa shape index (κ1) is 22.3. The van der Waals surface area contributed by atoms with E-state index in [0.29, 0.717) is 6.42 Å². The van der Waals surface area contributed by atoms with Crippen LogP contribution < -0.4 is 0 Å². The van der Waals surface area contributed by atoms with Gasteiger partial charge in [-0.15, -0.1) is 0 Å². The number of carbonyl (C=O) groups is 1. The summed E-state index contributed by atoms with van der Waals surface area (Å²) < 4.78 is 2.41. The maximum Gasteiger partial charge on any atom is 0.183 e. The Morgan fingerprint density at radius 3 is 2.25 bits per heavy atom. The van der Waals surface area contributed by atoms with Crippen LogP contribution in [-0.4, -0.2) is 34.9 Å². The van der Waals surface area contributed by atoms with Gasteiger partial charge >= 0.3 is 0 Å². The van der Waals surface area contributed by atoms with Gasteiger partial charge in [0, 0.05) is 33.9 Å². The molecule has 0 spiro atoms. The first-order valence-electron chi connectivity index (χ1n) is 11.8. The van der Waals surface area contributed by atoms with E-state index in [9.17, 15) is 4.79 Å². The van der Waals surface area contributed by atoms with Crippen molar-refractivity contribution in [3.63, 3.8) is 0 Å². The number of para-hydroxylation sites is 1. The van der Waals surface area contributed by atoms with E-state index >= 15 is 0 Å². The van der Waals surface area contributed by atoms with Gasteiger partial charge in [0.05, 0.1) is 5.54 Å². The first-order chi connectivity index (χ1) is 15.5. The minimum Gasteiger partial charge on any atom is -0.340 e. The van der Waals surface area contributed by atoms with Crippen molar-refractivity contribution in [1.82, 2.24) is 9.47 Å². The highest BCUT2D eigenvalue weighted by Crippen LogP contribution is 2.33. The molecule has 4 aromatic rings. The molecule has 1 atom stereocenters. The Hall–Kier alpha value is -2.91. The number of rotatable bonds is 9. The molecule has 1 aromatic heterocycles. The van der Waals surface area contributed by atoms with E-state index in [-0.39, 0.29) is 5.78 Å². The van der Waals surface area contributed by atoms with Crippen LogP contribution in [0, 0.1) is 0 Å². The molecule has 3 nitrogen and oxygen atoms in total. The first-order valence-corrected chi connectivity index (χ1v) is 11.8. The SMILES string of the molecule is CCCCn1c2ccccc2c2cc(C(=O)C(CC)(Cc3ccccc3)N(C)C)ccc21. The van der Waals surface area contributed by atoms with Crippen LogP contribution in [0.4, 0.5) is 0 Å². The van der Waals surface area contributed by atoms with Crippen molar-refractivity contribution in [1.29, 1.82) is 0 Å². The fourth-order valence-electron chi connectivity index (χ4n) is 5.00. The number of likely N-dealkylation sites (N-methyl/N-ethyl adjacent to an activating group) is 1. The van der Waals surface area contributed by atoms with Crippen molar-refractivity contribution < 1.29 is 4.79 Å². The molecular weight excluding hydrogens is 392 g/mol. The van der Waals surface area contributed by atoms with E-state index in [1.54, 1.807) is 0 Å². The summed E-state index contributed by atoms with van der Waals surface area (Å²) in [5, 5.41) is 2.40. The normalized spacial score (nSPS) is 13.7. The third kappa shape index (κ3) is 3.86. The number of unbranched alkanes of at least 4 members (excludes halogenated alkanes) is 1. The third-order valence-corrected chi connectivity index (χ3v) is 6.97. The van der Waals surface area contributed by atoms with Crippen LogP contribution in [-0.2, 0) is 13.0 Å². The number of Topliss-reactive ketones (excluding diaryl/α,β-unsaturated/α-hetero) is 1. The Morgan fingerprint density at radius 1 is 0.875 bits per heavy atom. The number of aryl methyl sites for hydroxylation is 1. The van der Waals surface area contributed by atoms with E-state index in [0.717, 1.165) is 31.4 Å². The molecule has 32 heavy (non-hydrogen) atoms. The van der Waals surface area contributed by atoms with Gasteiger partial charge in [-0.1, -0.05) is 68.8 Å². The molecule has 1 unspecified atom stereocenters. The largest absolute Gasteiger partial charge is 0.340 e. The molecular formula is C29H34N2O. The lowest BCUT2D eigenvalue weighted by Gasteiger charge is -2.38. The summed E-state index contributed by atoms with van der Waals surface area (Å²) in [7, 11) is 4.05. The quantitative estimate of drug-likeness (QED) is 0.277. The van der Waals surface area contributed by atoms with Crippen molar-refractivity contribution >= 4 is 27.6 Å². The molecule has 0 saturated carbocycles. The summed E-state index contributed by atoms with van der Waals surface area (Å²) in [5.74, 6) is 0.196. The molecule has 0 N–H and O–H groups in total. The second-order valence-electron chi connectivity index (χ2n) is 9.03. The molecule has 3 heteroatoms. The van der Waals surface area contributed by atoms with E-state index in [2.05, 4.69) is 71.8 Å². The highest BCUT2D eigenvalue weighted by Gasteiger charge is 2.39. The maximum absolute atomic E-state index is 14.1. The summed E-state index contributed by atoms with van der Waals surface area (Å²) >= 11 is 0. The zero-order valence-electron chi connectivity index (χ0n) is 19.8. The summed E-state index contributed by atoms with van der Waals surface area (Å²) in [6, 6.07) is 25.2. The lowest BCUT2D eigenvalue weighted by Crippen LogP contribution is -2.52. The number of ketones is 1. The lowest BCUT2D eigenvalue weighted by molar-refractivity contribution is 0.0666. The van der Waals surface area contributed by atoms with Gasteiger partial charge in [-0.05, 0) is 63.2 Å². The molecule has 166 valence electrons. The number of benzene rings is 3. The average Bonchev–Trinajstić information content (AvgIpc) is 3.14. The van der Waals surface area contributed by atoms with Crippen LogP contribution in [0.15, 0.2) is 72.8 Å². The van der Waals surface area contributed by atoms with E-state index in [4.69, 9.17) is 0 Å². The van der Waals surface area contributed by atoms with Gasteiger partial charge in [0.15, 0.2) is 5.78 Å². The molecule has 0 aliphatic rings. The average molecular weight is 427 g/mol. The fourth-order valence-corrected chi connectivity index (χ4v) is 5.00. The van der Waals surface area contributed by atoms with Gasteiger partial charge in [0.2, 0.25) is 0 Å². The van der Waals surface area contributed by atoms with Crippen molar-refractivity contribution in [2.24, 2.45) is 0 Å². The van der Waals surface area contributed by atoms with E-state index in [1.807, 2.05) is 38.4 Å². The number of carbonyl (C=O) groups excluding carboxylic acids is 1. The van der Waals surface area contributed by atoms with Crippen LogP contribution in [0.2, 0.25) is 0 Å². The van der Waals surface area contributed by atoms with Crippen molar-refractivity contribution in [3.05, 3.63) is 83.9 Å². The third-order valence-electron chi connectivity index (χ3n) is 6.97. The monoisotopic (exact) mass is 426 g/mol.